The molecule has 0 bridgehead atoms. The zero-order valence-corrected chi connectivity index (χ0v) is 13.0. The van der Waals surface area contributed by atoms with Crippen LogP contribution in [0.3, 0.4) is 0 Å². The van der Waals surface area contributed by atoms with Gasteiger partial charge in [0, 0.05) is 24.7 Å². The minimum absolute atomic E-state index is 0.124. The molecular weight excluding hydrogens is 264 g/mol. The molecule has 2 aromatic rings. The quantitative estimate of drug-likeness (QED) is 0.819. The van der Waals surface area contributed by atoms with Crippen LogP contribution < -0.4 is 10.1 Å². The van der Waals surface area contributed by atoms with E-state index >= 15 is 0 Å². The van der Waals surface area contributed by atoms with E-state index in [1.54, 1.807) is 7.11 Å². The van der Waals surface area contributed by atoms with Crippen LogP contribution in [0.2, 0.25) is 0 Å². The summed E-state index contributed by atoms with van der Waals surface area (Å²) in [7, 11) is 1.67. The molecule has 0 unspecified atom stereocenters. The van der Waals surface area contributed by atoms with E-state index in [-0.39, 0.29) is 12.0 Å². The average Bonchev–Trinajstić information content (AvgIpc) is 2.50. The Morgan fingerprint density at radius 1 is 1.29 bits per heavy atom. The van der Waals surface area contributed by atoms with Gasteiger partial charge < -0.3 is 15.2 Å². The van der Waals surface area contributed by atoms with Crippen molar-refractivity contribution < 1.29 is 9.84 Å². The average molecular weight is 288 g/mol. The maximum Gasteiger partial charge on any atom is 0.133 e. The van der Waals surface area contributed by atoms with Crippen LogP contribution in [0.1, 0.15) is 26.7 Å². The highest BCUT2D eigenvalue weighted by Crippen LogP contribution is 2.27. The van der Waals surface area contributed by atoms with Gasteiger partial charge in [-0.05, 0) is 47.9 Å². The van der Waals surface area contributed by atoms with Crippen molar-refractivity contribution in [3.05, 3.63) is 30.5 Å². The van der Waals surface area contributed by atoms with E-state index in [1.165, 1.54) is 0 Å². The molecule has 0 saturated carbocycles. The molecule has 0 amide bonds. The number of hydrogen-bond acceptors (Lipinski definition) is 4. The number of aromatic nitrogens is 1. The molecule has 0 radical (unpaired) electrons. The summed E-state index contributed by atoms with van der Waals surface area (Å²) in [5.74, 6) is 1.75. The van der Waals surface area contributed by atoms with Gasteiger partial charge in [-0.25, -0.2) is 4.98 Å². The summed E-state index contributed by atoms with van der Waals surface area (Å²) in [6.45, 7) is 5.47. The van der Waals surface area contributed by atoms with Crippen LogP contribution in [-0.4, -0.2) is 30.4 Å². The van der Waals surface area contributed by atoms with Gasteiger partial charge in [0.2, 0.25) is 0 Å². The fourth-order valence-corrected chi connectivity index (χ4v) is 2.39. The van der Waals surface area contributed by atoms with E-state index in [4.69, 9.17) is 9.84 Å². The van der Waals surface area contributed by atoms with Crippen LogP contribution in [0.15, 0.2) is 30.5 Å². The highest BCUT2D eigenvalue weighted by atomic mass is 16.5. The van der Waals surface area contributed by atoms with E-state index in [0.717, 1.165) is 41.7 Å². The minimum Gasteiger partial charge on any atom is -0.497 e. The van der Waals surface area contributed by atoms with Crippen LogP contribution in [-0.2, 0) is 0 Å². The topological polar surface area (TPSA) is 54.4 Å². The van der Waals surface area contributed by atoms with Crippen LogP contribution in [0, 0.1) is 5.41 Å². The van der Waals surface area contributed by atoms with Crippen LogP contribution >= 0.6 is 0 Å². The number of pyridine rings is 1. The van der Waals surface area contributed by atoms with Crippen molar-refractivity contribution in [1.82, 2.24) is 4.98 Å². The van der Waals surface area contributed by atoms with E-state index in [1.807, 2.05) is 30.5 Å². The Bertz CT molecular complexity index is 596. The number of hydrogen-bond donors (Lipinski definition) is 2. The molecule has 4 nitrogen and oxygen atoms in total. The molecule has 0 saturated heterocycles. The number of nitrogens with zero attached hydrogens (tertiary/aromatic N) is 1. The lowest BCUT2D eigenvalue weighted by molar-refractivity contribution is 0.248. The molecule has 0 aliphatic heterocycles. The van der Waals surface area contributed by atoms with Crippen molar-refractivity contribution in [2.45, 2.75) is 26.7 Å². The van der Waals surface area contributed by atoms with E-state index < -0.39 is 0 Å². The van der Waals surface area contributed by atoms with E-state index in [2.05, 4.69) is 24.1 Å². The molecular formula is C17H24N2O2. The van der Waals surface area contributed by atoms with Gasteiger partial charge in [0.25, 0.3) is 0 Å². The molecule has 4 heteroatoms. The molecule has 2 rings (SSSR count). The summed E-state index contributed by atoms with van der Waals surface area (Å²) in [5.41, 5.74) is 0.124. The third-order valence-electron chi connectivity index (χ3n) is 3.72. The summed E-state index contributed by atoms with van der Waals surface area (Å²) < 4.78 is 5.26. The lowest BCUT2D eigenvalue weighted by atomic mass is 9.88. The molecule has 21 heavy (non-hydrogen) atoms. The number of fused-ring (bicyclic) bond motifs is 1. The summed E-state index contributed by atoms with van der Waals surface area (Å²) in [6.07, 6.45) is 3.62. The number of nitrogens with one attached hydrogen (secondary N) is 1. The maximum absolute atomic E-state index is 8.96. The van der Waals surface area contributed by atoms with Crippen LogP contribution in [0.25, 0.3) is 10.8 Å². The maximum atomic E-state index is 8.96. The normalized spacial score (nSPS) is 11.6. The molecule has 2 N–H and O–H groups in total. The molecule has 0 fully saturated rings. The Kier molecular flexibility index (Phi) is 5.02. The monoisotopic (exact) mass is 288 g/mol. The van der Waals surface area contributed by atoms with Crippen LogP contribution in [0.4, 0.5) is 5.82 Å². The van der Waals surface area contributed by atoms with Gasteiger partial charge in [0.15, 0.2) is 0 Å². The molecule has 0 spiro atoms. The Morgan fingerprint density at radius 3 is 2.81 bits per heavy atom. The Hall–Kier alpha value is -1.81. The van der Waals surface area contributed by atoms with Gasteiger partial charge >= 0.3 is 0 Å². The van der Waals surface area contributed by atoms with Crippen LogP contribution in [0.5, 0.6) is 5.75 Å². The van der Waals surface area contributed by atoms with Gasteiger partial charge in [-0.15, -0.1) is 0 Å². The number of aliphatic hydroxyl groups is 1. The first-order valence-electron chi connectivity index (χ1n) is 7.33. The number of rotatable bonds is 7. The lowest BCUT2D eigenvalue weighted by Crippen LogP contribution is -2.23. The second kappa shape index (κ2) is 6.76. The number of aliphatic hydroxyl groups excluding tert-OH is 1. The summed E-state index contributed by atoms with van der Waals surface area (Å²) in [5, 5.41) is 14.6. The first kappa shape index (κ1) is 15.6. The standard InChI is InChI=1S/C17H24N2O2/c1-17(2,8-4-10-20)12-19-16-15-6-5-14(21-3)11-13(15)7-9-18-16/h5-7,9,11,20H,4,8,10,12H2,1-3H3,(H,18,19). The fourth-order valence-electron chi connectivity index (χ4n) is 2.39. The fraction of sp³-hybridized carbons (Fsp3) is 0.471. The highest BCUT2D eigenvalue weighted by Gasteiger charge is 2.17. The second-order valence-electron chi connectivity index (χ2n) is 6.09. The molecule has 0 aliphatic rings. The summed E-state index contributed by atoms with van der Waals surface area (Å²) >= 11 is 0. The Balaban J connectivity index is 2.15. The molecule has 1 aromatic heterocycles. The zero-order chi connectivity index (χ0) is 15.3. The number of anilines is 1. The number of benzene rings is 1. The first-order chi connectivity index (χ1) is 10.1. The van der Waals surface area contributed by atoms with Crippen molar-refractivity contribution in [2.24, 2.45) is 5.41 Å². The molecule has 1 aromatic carbocycles. The molecule has 0 atom stereocenters. The third-order valence-corrected chi connectivity index (χ3v) is 3.72. The molecule has 0 aliphatic carbocycles. The molecule has 1 heterocycles. The smallest absolute Gasteiger partial charge is 0.133 e. The van der Waals surface area contributed by atoms with Gasteiger partial charge in [0.1, 0.15) is 11.6 Å². The van der Waals surface area contributed by atoms with Gasteiger partial charge in [-0.1, -0.05) is 13.8 Å². The first-order valence-corrected chi connectivity index (χ1v) is 7.33. The Morgan fingerprint density at radius 2 is 2.10 bits per heavy atom. The van der Waals surface area contributed by atoms with E-state index in [9.17, 15) is 0 Å². The predicted molar refractivity (Wildman–Crippen MR) is 86.9 cm³/mol. The summed E-state index contributed by atoms with van der Waals surface area (Å²) in [6, 6.07) is 7.98. The second-order valence-corrected chi connectivity index (χ2v) is 6.09. The van der Waals surface area contributed by atoms with Gasteiger partial charge in [-0.3, -0.25) is 0 Å². The largest absolute Gasteiger partial charge is 0.497 e. The highest BCUT2D eigenvalue weighted by molar-refractivity contribution is 5.92. The SMILES string of the molecule is COc1ccc2c(NCC(C)(C)CCCO)nccc2c1. The van der Waals surface area contributed by atoms with Crippen molar-refractivity contribution in [3.63, 3.8) is 0 Å². The van der Waals surface area contributed by atoms with Crippen molar-refractivity contribution in [3.8, 4) is 5.75 Å². The van der Waals surface area contributed by atoms with E-state index in [0.29, 0.717) is 0 Å². The van der Waals surface area contributed by atoms with Crippen molar-refractivity contribution >= 4 is 16.6 Å². The number of ether oxygens (including phenoxy) is 1. The zero-order valence-electron chi connectivity index (χ0n) is 13.0. The van der Waals surface area contributed by atoms with Gasteiger partial charge in [-0.2, -0.15) is 0 Å². The van der Waals surface area contributed by atoms with Gasteiger partial charge in [0.05, 0.1) is 7.11 Å². The summed E-state index contributed by atoms with van der Waals surface area (Å²) in [4.78, 5) is 4.44. The third kappa shape index (κ3) is 4.08. The molecule has 114 valence electrons. The predicted octanol–water partition coefficient (Wildman–Crippen LogP) is 3.45. The lowest BCUT2D eigenvalue weighted by Gasteiger charge is -2.25. The van der Waals surface area contributed by atoms with Crippen molar-refractivity contribution in [1.29, 1.82) is 0 Å². The van der Waals surface area contributed by atoms with Crippen molar-refractivity contribution in [2.75, 3.05) is 25.6 Å². The Labute approximate surface area is 126 Å². The number of methoxy groups -OCH3 is 1. The minimum atomic E-state index is 0.124.